The number of thioether (sulfide) groups is 1. The summed E-state index contributed by atoms with van der Waals surface area (Å²) in [6.45, 7) is -0.104. The van der Waals surface area contributed by atoms with Crippen LogP contribution >= 0.6 is 34.7 Å². The van der Waals surface area contributed by atoms with Gasteiger partial charge in [0.2, 0.25) is 0 Å². The van der Waals surface area contributed by atoms with E-state index in [4.69, 9.17) is 26.8 Å². The zero-order valence-corrected chi connectivity index (χ0v) is 24.0. The van der Waals surface area contributed by atoms with Crippen molar-refractivity contribution in [1.82, 2.24) is 9.97 Å². The lowest BCUT2D eigenvalue weighted by Gasteiger charge is -2.13. The predicted molar refractivity (Wildman–Crippen MR) is 156 cm³/mol. The molecule has 2 heterocycles. The number of benzene rings is 2. The summed E-state index contributed by atoms with van der Waals surface area (Å²) in [4.78, 5) is 30.7. The fourth-order valence-corrected chi connectivity index (χ4v) is 5.58. The molecule has 0 aliphatic rings. The fraction of sp³-hybridized carbons (Fsp3) is 0.103. The maximum Gasteiger partial charge on any atom is 0.330 e. The van der Waals surface area contributed by atoms with E-state index in [1.807, 2.05) is 17.5 Å². The maximum atomic E-state index is 11.4. The highest BCUT2D eigenvalue weighted by molar-refractivity contribution is 7.98. The minimum atomic E-state index is -1.51. The second-order valence-electron chi connectivity index (χ2n) is 8.28. The van der Waals surface area contributed by atoms with Crippen molar-refractivity contribution in [1.29, 1.82) is 10.5 Å². The molecule has 4 rings (SSSR count). The molecule has 0 aliphatic carbocycles. The number of carboxylic acid groups (broad SMARTS) is 1. The summed E-state index contributed by atoms with van der Waals surface area (Å²) in [7, 11) is 0. The number of anilines is 1. The molecule has 13 heteroatoms. The fourth-order valence-electron chi connectivity index (χ4n) is 3.64. The quantitative estimate of drug-likeness (QED) is 0.110. The van der Waals surface area contributed by atoms with Crippen molar-refractivity contribution in [2.24, 2.45) is 0 Å². The molecule has 0 radical (unpaired) electrons. The van der Waals surface area contributed by atoms with Gasteiger partial charge in [-0.3, -0.25) is 0 Å². The molecule has 0 unspecified atom stereocenters. The number of nitrogen functional groups attached to an aromatic ring is 1. The molecule has 0 fully saturated rings. The number of ether oxygens (including phenoxy) is 2. The Kier molecular flexibility index (Phi) is 10.1. The molecule has 0 bridgehead atoms. The molecule has 0 amide bonds. The lowest BCUT2D eigenvalue weighted by atomic mass is 9.97. The number of thiazole rings is 1. The lowest BCUT2D eigenvalue weighted by Crippen LogP contribution is -2.19. The van der Waals surface area contributed by atoms with Crippen molar-refractivity contribution >= 4 is 52.5 Å². The van der Waals surface area contributed by atoms with E-state index in [2.05, 4.69) is 22.1 Å². The molecule has 0 saturated carbocycles. The van der Waals surface area contributed by atoms with Crippen LogP contribution in [0.15, 0.2) is 71.1 Å². The molecule has 2 N–H and O–H groups in total. The van der Waals surface area contributed by atoms with Gasteiger partial charge in [0.15, 0.2) is 0 Å². The van der Waals surface area contributed by atoms with Gasteiger partial charge in [-0.05, 0) is 35.9 Å². The van der Waals surface area contributed by atoms with Crippen LogP contribution in [0, 0.1) is 22.7 Å². The van der Waals surface area contributed by atoms with E-state index in [0.29, 0.717) is 38.8 Å². The number of nitrogens with two attached hydrogens (primary N) is 1. The first-order valence-corrected chi connectivity index (χ1v) is 14.3. The number of nitrogens with zero attached hydrogens (tertiary/aromatic N) is 4. The Morgan fingerprint density at radius 1 is 1.00 bits per heavy atom. The minimum absolute atomic E-state index is 0.00371. The number of pyridine rings is 1. The van der Waals surface area contributed by atoms with Crippen LogP contribution in [0.4, 0.5) is 5.82 Å². The van der Waals surface area contributed by atoms with Gasteiger partial charge in [-0.2, -0.15) is 10.5 Å². The number of hydrogen-bond acceptors (Lipinski definition) is 12. The predicted octanol–water partition coefficient (Wildman–Crippen LogP) is 4.37. The van der Waals surface area contributed by atoms with Crippen molar-refractivity contribution in [3.63, 3.8) is 0 Å². The number of carboxylic acids is 1. The van der Waals surface area contributed by atoms with Gasteiger partial charge < -0.3 is 25.1 Å². The van der Waals surface area contributed by atoms with Crippen LogP contribution in [-0.2, 0) is 20.1 Å². The summed E-state index contributed by atoms with van der Waals surface area (Å²) in [5.74, 6) is -1.48. The molecule has 2 aromatic heterocycles. The first kappa shape index (κ1) is 30.1. The SMILES string of the molecule is N#Cc1c(N)nc(SCc2csc(-c3ccc(Cl)cc3)n2)c(C#N)c1-c1ccc(OCCOC(=O)/C=C\C(=O)[O-])cc1. The number of carbonyl (C=O) groups is 2. The number of aliphatic carboxylic acids is 1. The highest BCUT2D eigenvalue weighted by Crippen LogP contribution is 2.37. The highest BCUT2D eigenvalue weighted by atomic mass is 35.5. The van der Waals surface area contributed by atoms with Crippen molar-refractivity contribution < 1.29 is 24.2 Å². The van der Waals surface area contributed by atoms with Gasteiger partial charge in [-0.15, -0.1) is 11.3 Å². The Morgan fingerprint density at radius 3 is 2.36 bits per heavy atom. The molecule has 0 saturated heterocycles. The van der Waals surface area contributed by atoms with Gasteiger partial charge >= 0.3 is 5.97 Å². The van der Waals surface area contributed by atoms with Crippen molar-refractivity contribution in [3.8, 4) is 39.6 Å². The molecule has 2 aromatic carbocycles. The summed E-state index contributed by atoms with van der Waals surface area (Å²) in [5.41, 5.74) is 9.10. The number of esters is 1. The van der Waals surface area contributed by atoms with Crippen molar-refractivity contribution in [2.75, 3.05) is 18.9 Å². The van der Waals surface area contributed by atoms with Gasteiger partial charge in [0.1, 0.15) is 52.5 Å². The monoisotopic (exact) mass is 616 g/mol. The third kappa shape index (κ3) is 7.65. The van der Waals surface area contributed by atoms with Crippen LogP contribution in [0.1, 0.15) is 16.8 Å². The van der Waals surface area contributed by atoms with Crippen LogP contribution < -0.4 is 15.6 Å². The molecular weight excluding hydrogens is 598 g/mol. The van der Waals surface area contributed by atoms with E-state index in [-0.39, 0.29) is 30.2 Å². The molecule has 0 aliphatic heterocycles. The molecule has 0 atom stereocenters. The van der Waals surface area contributed by atoms with Gasteiger partial charge in [-0.1, -0.05) is 47.6 Å². The summed E-state index contributed by atoms with van der Waals surface area (Å²) < 4.78 is 10.4. The number of rotatable bonds is 11. The van der Waals surface area contributed by atoms with Gasteiger partial charge in [0.05, 0.1) is 17.2 Å². The zero-order chi connectivity index (χ0) is 30.1. The Bertz CT molecular complexity index is 1730. The second kappa shape index (κ2) is 14.1. The van der Waals surface area contributed by atoms with E-state index in [1.54, 1.807) is 36.4 Å². The topological polar surface area (TPSA) is 175 Å². The number of nitriles is 2. The van der Waals surface area contributed by atoms with Crippen LogP contribution in [0.5, 0.6) is 5.75 Å². The summed E-state index contributed by atoms with van der Waals surface area (Å²) in [5, 5.41) is 34.0. The number of aromatic nitrogens is 2. The smallest absolute Gasteiger partial charge is 0.330 e. The average Bonchev–Trinajstić information content (AvgIpc) is 3.46. The molecule has 210 valence electrons. The second-order valence-corrected chi connectivity index (χ2v) is 10.5. The normalized spacial score (nSPS) is 10.6. The van der Waals surface area contributed by atoms with Crippen molar-refractivity contribution in [3.05, 3.63) is 87.9 Å². The third-order valence-electron chi connectivity index (χ3n) is 5.51. The molecule has 0 spiro atoms. The minimum Gasteiger partial charge on any atom is -0.545 e. The van der Waals surface area contributed by atoms with E-state index < -0.39 is 11.9 Å². The Hall–Kier alpha value is -4.88. The highest BCUT2D eigenvalue weighted by Gasteiger charge is 2.21. The lowest BCUT2D eigenvalue weighted by molar-refractivity contribution is -0.297. The molecule has 42 heavy (non-hydrogen) atoms. The Morgan fingerprint density at radius 2 is 1.69 bits per heavy atom. The van der Waals surface area contributed by atoms with Crippen LogP contribution in [0.25, 0.3) is 21.7 Å². The van der Waals surface area contributed by atoms with Crippen LogP contribution in [0.2, 0.25) is 5.02 Å². The summed E-state index contributed by atoms with van der Waals surface area (Å²) in [6.07, 6.45) is 1.31. The Labute approximate surface area is 253 Å². The van der Waals surface area contributed by atoms with E-state index >= 15 is 0 Å². The molecule has 10 nitrogen and oxygen atoms in total. The summed E-state index contributed by atoms with van der Waals surface area (Å²) >= 11 is 8.77. The average molecular weight is 617 g/mol. The molecular formula is C29H19ClN5O5S2-. The first-order chi connectivity index (χ1) is 20.3. The number of hydrogen-bond donors (Lipinski definition) is 1. The maximum absolute atomic E-state index is 11.4. The zero-order valence-electron chi connectivity index (χ0n) is 21.6. The van der Waals surface area contributed by atoms with Crippen LogP contribution in [-0.4, -0.2) is 35.1 Å². The Balaban J connectivity index is 1.48. The molecule has 4 aromatic rings. The van der Waals surface area contributed by atoms with Gasteiger partial charge in [-0.25, -0.2) is 14.8 Å². The van der Waals surface area contributed by atoms with Crippen molar-refractivity contribution in [2.45, 2.75) is 10.8 Å². The van der Waals surface area contributed by atoms with Crippen LogP contribution in [0.3, 0.4) is 0 Å². The van der Waals surface area contributed by atoms with Gasteiger partial charge in [0, 0.05) is 33.4 Å². The first-order valence-electron chi connectivity index (χ1n) is 12.0. The standard InChI is InChI=1S/C29H20ClN5O5S2/c30-19-5-1-18(2-6-19)28-34-20(15-41-28)16-42-29-23(14-32)26(22(13-31)27(33)35-29)17-3-7-21(8-4-17)39-11-12-40-25(38)10-9-24(36)37/h1-10,15H,11-12,16H2,(H2,33,35)(H,36,37)/p-1/b10-9-. The van der Waals surface area contributed by atoms with E-state index in [1.165, 1.54) is 23.1 Å². The van der Waals surface area contributed by atoms with E-state index in [9.17, 15) is 25.2 Å². The summed E-state index contributed by atoms with van der Waals surface area (Å²) in [6, 6.07) is 18.2. The van der Waals surface area contributed by atoms with Gasteiger partial charge in [0.25, 0.3) is 0 Å². The third-order valence-corrected chi connectivity index (χ3v) is 7.71. The number of carbonyl (C=O) groups excluding carboxylic acids is 2. The largest absolute Gasteiger partial charge is 0.545 e. The number of halogens is 1. The van der Waals surface area contributed by atoms with E-state index in [0.717, 1.165) is 22.3 Å².